The molecule has 0 spiro atoms. The van der Waals surface area contributed by atoms with E-state index in [2.05, 4.69) is 4.85 Å². The molecular formula is C11H11N. The molecule has 1 heteroatoms. The summed E-state index contributed by atoms with van der Waals surface area (Å²) in [6, 6.07) is 7.66. The van der Waals surface area contributed by atoms with Gasteiger partial charge in [-0.15, -0.1) is 0 Å². The van der Waals surface area contributed by atoms with Crippen LogP contribution in [0.25, 0.3) is 10.4 Å². The molecule has 0 aliphatic rings. The molecule has 0 saturated carbocycles. The Balaban J connectivity index is 3.25. The van der Waals surface area contributed by atoms with Gasteiger partial charge in [-0.05, 0) is 19.4 Å². The fourth-order valence-electron chi connectivity index (χ4n) is 1.06. The average Bonchev–Trinajstić information content (AvgIpc) is 2.16. The van der Waals surface area contributed by atoms with E-state index in [-0.39, 0.29) is 0 Å². The van der Waals surface area contributed by atoms with E-state index < -0.39 is 0 Å². The molecule has 1 aromatic carbocycles. The molecular weight excluding hydrogens is 146 g/mol. The lowest BCUT2D eigenvalue weighted by Crippen LogP contribution is -1.77. The van der Waals surface area contributed by atoms with Gasteiger partial charge in [0, 0.05) is 0 Å². The van der Waals surface area contributed by atoms with E-state index in [1.54, 1.807) is 0 Å². The van der Waals surface area contributed by atoms with Crippen molar-refractivity contribution in [2.24, 2.45) is 0 Å². The van der Waals surface area contributed by atoms with Crippen LogP contribution in [-0.4, -0.2) is 0 Å². The minimum atomic E-state index is 0.730. The number of nitrogens with zero attached hydrogens (tertiary/aromatic N) is 1. The molecule has 0 aromatic heterocycles. The van der Waals surface area contributed by atoms with E-state index in [4.69, 9.17) is 6.57 Å². The minimum absolute atomic E-state index is 0.730. The molecule has 0 N–H and O–H groups in total. The van der Waals surface area contributed by atoms with Crippen LogP contribution in [0.2, 0.25) is 0 Å². The molecule has 0 bridgehead atoms. The minimum Gasteiger partial charge on any atom is -0.238 e. The zero-order valence-electron chi connectivity index (χ0n) is 7.33. The SMILES string of the molecule is [C-]#[N+]c1ccccc1/C(C)=C/C. The first-order valence-electron chi connectivity index (χ1n) is 3.89. The highest BCUT2D eigenvalue weighted by Gasteiger charge is 2.00. The molecule has 0 radical (unpaired) electrons. The maximum absolute atomic E-state index is 6.95. The van der Waals surface area contributed by atoms with Crippen LogP contribution < -0.4 is 0 Å². The quantitative estimate of drug-likeness (QED) is 0.548. The van der Waals surface area contributed by atoms with E-state index in [1.807, 2.05) is 44.2 Å². The first kappa shape index (κ1) is 8.55. The van der Waals surface area contributed by atoms with Crippen LogP contribution >= 0.6 is 0 Å². The Morgan fingerprint density at radius 1 is 1.42 bits per heavy atom. The van der Waals surface area contributed by atoms with Crippen molar-refractivity contribution in [3.63, 3.8) is 0 Å². The molecule has 60 valence electrons. The Bertz CT molecular complexity index is 342. The Kier molecular flexibility index (Phi) is 2.66. The van der Waals surface area contributed by atoms with Crippen LogP contribution in [0.4, 0.5) is 5.69 Å². The zero-order valence-corrected chi connectivity index (χ0v) is 7.33. The number of benzene rings is 1. The van der Waals surface area contributed by atoms with Gasteiger partial charge < -0.3 is 0 Å². The van der Waals surface area contributed by atoms with Crippen molar-refractivity contribution in [3.8, 4) is 0 Å². The molecule has 0 aliphatic carbocycles. The van der Waals surface area contributed by atoms with E-state index in [0.717, 1.165) is 16.8 Å². The predicted molar refractivity (Wildman–Crippen MR) is 52.0 cm³/mol. The van der Waals surface area contributed by atoms with Crippen molar-refractivity contribution in [1.29, 1.82) is 0 Å². The van der Waals surface area contributed by atoms with E-state index >= 15 is 0 Å². The summed E-state index contributed by atoms with van der Waals surface area (Å²) in [7, 11) is 0. The second-order valence-electron chi connectivity index (χ2n) is 2.60. The van der Waals surface area contributed by atoms with E-state index in [1.165, 1.54) is 0 Å². The Hall–Kier alpha value is -1.55. The summed E-state index contributed by atoms with van der Waals surface area (Å²) >= 11 is 0. The van der Waals surface area contributed by atoms with Crippen molar-refractivity contribution in [3.05, 3.63) is 47.3 Å². The number of para-hydroxylation sites is 1. The van der Waals surface area contributed by atoms with Crippen molar-refractivity contribution >= 4 is 11.3 Å². The van der Waals surface area contributed by atoms with Gasteiger partial charge in [0.1, 0.15) is 0 Å². The lowest BCUT2D eigenvalue weighted by atomic mass is 10.1. The van der Waals surface area contributed by atoms with Gasteiger partial charge in [-0.3, -0.25) is 0 Å². The van der Waals surface area contributed by atoms with Crippen LogP contribution in [0.1, 0.15) is 19.4 Å². The highest BCUT2D eigenvalue weighted by atomic mass is 14.6. The maximum atomic E-state index is 6.95. The molecule has 12 heavy (non-hydrogen) atoms. The van der Waals surface area contributed by atoms with Crippen molar-refractivity contribution in [2.45, 2.75) is 13.8 Å². The second kappa shape index (κ2) is 3.73. The first-order valence-corrected chi connectivity index (χ1v) is 3.89. The van der Waals surface area contributed by atoms with Crippen LogP contribution in [0, 0.1) is 6.57 Å². The van der Waals surface area contributed by atoms with E-state index in [9.17, 15) is 0 Å². The molecule has 0 amide bonds. The topological polar surface area (TPSA) is 4.36 Å². The highest BCUT2D eigenvalue weighted by Crippen LogP contribution is 2.25. The first-order chi connectivity index (χ1) is 5.79. The van der Waals surface area contributed by atoms with Gasteiger partial charge in [-0.2, -0.15) is 0 Å². The average molecular weight is 157 g/mol. The van der Waals surface area contributed by atoms with Gasteiger partial charge in [-0.1, -0.05) is 35.9 Å². The monoisotopic (exact) mass is 157 g/mol. The van der Waals surface area contributed by atoms with Gasteiger partial charge >= 0.3 is 0 Å². The molecule has 1 rings (SSSR count). The van der Waals surface area contributed by atoms with Gasteiger partial charge in [0.05, 0.1) is 6.57 Å². The molecule has 1 aromatic rings. The third-order valence-electron chi connectivity index (χ3n) is 1.88. The summed E-state index contributed by atoms with van der Waals surface area (Å²) in [5.74, 6) is 0. The molecule has 0 unspecified atom stereocenters. The number of allylic oxidation sites excluding steroid dienone is 2. The van der Waals surface area contributed by atoms with Crippen molar-refractivity contribution < 1.29 is 0 Å². The summed E-state index contributed by atoms with van der Waals surface area (Å²) < 4.78 is 0. The smallest absolute Gasteiger partial charge is 0.194 e. The molecule has 0 saturated heterocycles. The normalized spacial score (nSPS) is 10.9. The fraction of sp³-hybridized carbons (Fsp3) is 0.182. The number of hydrogen-bond acceptors (Lipinski definition) is 0. The number of rotatable bonds is 1. The zero-order chi connectivity index (χ0) is 8.97. The van der Waals surface area contributed by atoms with Gasteiger partial charge in [-0.25, -0.2) is 4.85 Å². The predicted octanol–water partition coefficient (Wildman–Crippen LogP) is 3.66. The summed E-state index contributed by atoms with van der Waals surface area (Å²) in [5.41, 5.74) is 2.92. The standard InChI is InChI=1S/C11H11N/c1-4-9(2)10-7-5-6-8-11(10)12-3/h4-8H,1-2H3/b9-4+. The number of hydrogen-bond donors (Lipinski definition) is 0. The van der Waals surface area contributed by atoms with Gasteiger partial charge in [0.15, 0.2) is 5.69 Å². The fourth-order valence-corrected chi connectivity index (χ4v) is 1.06. The van der Waals surface area contributed by atoms with E-state index in [0.29, 0.717) is 0 Å². The summed E-state index contributed by atoms with van der Waals surface area (Å²) in [6.45, 7) is 11.0. The van der Waals surface area contributed by atoms with Crippen LogP contribution in [-0.2, 0) is 0 Å². The second-order valence-corrected chi connectivity index (χ2v) is 2.60. The summed E-state index contributed by atoms with van der Waals surface area (Å²) in [4.78, 5) is 3.45. The summed E-state index contributed by atoms with van der Waals surface area (Å²) in [6.07, 6.45) is 2.02. The largest absolute Gasteiger partial charge is 0.238 e. The highest BCUT2D eigenvalue weighted by molar-refractivity contribution is 5.75. The molecule has 0 aliphatic heterocycles. The molecule has 0 atom stereocenters. The van der Waals surface area contributed by atoms with Crippen molar-refractivity contribution in [1.82, 2.24) is 0 Å². The van der Waals surface area contributed by atoms with Gasteiger partial charge in [0.25, 0.3) is 0 Å². The molecule has 0 fully saturated rings. The Morgan fingerprint density at radius 2 is 2.08 bits per heavy atom. The third kappa shape index (κ3) is 1.54. The Labute approximate surface area is 73.2 Å². The lowest BCUT2D eigenvalue weighted by Gasteiger charge is -2.01. The van der Waals surface area contributed by atoms with Gasteiger partial charge in [0.2, 0.25) is 0 Å². The van der Waals surface area contributed by atoms with Crippen molar-refractivity contribution in [2.75, 3.05) is 0 Å². The van der Waals surface area contributed by atoms with Crippen LogP contribution in [0.5, 0.6) is 0 Å². The lowest BCUT2D eigenvalue weighted by molar-refractivity contribution is 1.55. The van der Waals surface area contributed by atoms with Crippen LogP contribution in [0.3, 0.4) is 0 Å². The van der Waals surface area contributed by atoms with Crippen LogP contribution in [0.15, 0.2) is 30.3 Å². The third-order valence-corrected chi connectivity index (χ3v) is 1.88. The Morgan fingerprint density at radius 3 is 2.67 bits per heavy atom. The maximum Gasteiger partial charge on any atom is 0.194 e. The molecule has 0 heterocycles. The molecule has 1 nitrogen and oxygen atoms in total. The summed E-state index contributed by atoms with van der Waals surface area (Å²) in [5, 5.41) is 0.